The van der Waals surface area contributed by atoms with Crippen molar-refractivity contribution in [2.45, 2.75) is 25.7 Å². The number of nitrogens with one attached hydrogen (secondary N) is 2. The second kappa shape index (κ2) is 10.9. The second-order valence-electron chi connectivity index (χ2n) is 7.63. The van der Waals surface area contributed by atoms with E-state index < -0.39 is 10.0 Å². The summed E-state index contributed by atoms with van der Waals surface area (Å²) < 4.78 is 26.1. The van der Waals surface area contributed by atoms with E-state index in [-0.39, 0.29) is 29.8 Å². The minimum atomic E-state index is -3.64. The van der Waals surface area contributed by atoms with E-state index in [9.17, 15) is 18.0 Å². The van der Waals surface area contributed by atoms with E-state index in [1.54, 1.807) is 36.1 Å². The third kappa shape index (κ3) is 6.77. The molecule has 10 heteroatoms. The summed E-state index contributed by atoms with van der Waals surface area (Å²) in [6.45, 7) is 5.87. The first-order chi connectivity index (χ1) is 14.9. The highest BCUT2D eigenvalue weighted by atomic mass is 35.5. The number of rotatable bonds is 9. The molecule has 0 spiro atoms. The highest BCUT2D eigenvalue weighted by molar-refractivity contribution is 7.89. The molecule has 2 N–H and O–H groups in total. The molecule has 0 unspecified atom stereocenters. The first-order valence-electron chi connectivity index (χ1n) is 10.1. The zero-order valence-corrected chi connectivity index (χ0v) is 20.5. The van der Waals surface area contributed by atoms with Crippen LogP contribution in [0, 0.1) is 13.8 Å². The van der Waals surface area contributed by atoms with Gasteiger partial charge in [-0.25, -0.2) is 12.7 Å². The standard InChI is InChI=1S/C22H29ClN4O4S/c1-6-27(14-22(29)25-19-11-17(23)9-7-15(19)2)13-21(28)24-18-10-8-16(3)20(12-18)32(30,31)26(4)5/h7-12H,6,13-14H2,1-5H3,(H,24,28)(H,25,29). The van der Waals surface area contributed by atoms with Gasteiger partial charge in [-0.1, -0.05) is 30.7 Å². The zero-order chi connectivity index (χ0) is 24.1. The van der Waals surface area contributed by atoms with Gasteiger partial charge in [-0.05, 0) is 55.8 Å². The summed E-state index contributed by atoms with van der Waals surface area (Å²) >= 11 is 5.99. The van der Waals surface area contributed by atoms with Crippen LogP contribution in [0.1, 0.15) is 18.1 Å². The van der Waals surface area contributed by atoms with Crippen LogP contribution in [0.5, 0.6) is 0 Å². The third-order valence-electron chi connectivity index (χ3n) is 4.89. The maximum atomic E-state index is 12.5. The molecule has 0 aliphatic heterocycles. The summed E-state index contributed by atoms with van der Waals surface area (Å²) in [5, 5.41) is 6.04. The summed E-state index contributed by atoms with van der Waals surface area (Å²) in [7, 11) is -0.730. The fraction of sp³-hybridized carbons (Fsp3) is 0.364. The molecule has 0 atom stereocenters. The lowest BCUT2D eigenvalue weighted by Gasteiger charge is -2.20. The Morgan fingerprint density at radius 1 is 0.938 bits per heavy atom. The molecular weight excluding hydrogens is 452 g/mol. The number of benzene rings is 2. The predicted octanol–water partition coefficient (Wildman–Crippen LogP) is 3.11. The molecule has 32 heavy (non-hydrogen) atoms. The minimum Gasteiger partial charge on any atom is -0.325 e. The lowest BCUT2D eigenvalue weighted by Crippen LogP contribution is -2.38. The Balaban J connectivity index is 2.03. The van der Waals surface area contributed by atoms with Crippen molar-refractivity contribution in [1.82, 2.24) is 9.21 Å². The quantitative estimate of drug-likeness (QED) is 0.574. The summed E-state index contributed by atoms with van der Waals surface area (Å²) in [6, 6.07) is 9.96. The van der Waals surface area contributed by atoms with Gasteiger partial charge in [0.25, 0.3) is 0 Å². The molecule has 2 rings (SSSR count). The van der Waals surface area contributed by atoms with Gasteiger partial charge in [0.05, 0.1) is 18.0 Å². The predicted molar refractivity (Wildman–Crippen MR) is 128 cm³/mol. The van der Waals surface area contributed by atoms with E-state index in [4.69, 9.17) is 11.6 Å². The SMILES string of the molecule is CCN(CC(=O)Nc1ccc(C)c(S(=O)(=O)N(C)C)c1)CC(=O)Nc1cc(Cl)ccc1C. The van der Waals surface area contributed by atoms with Gasteiger partial charge in [0, 0.05) is 30.5 Å². The summed E-state index contributed by atoms with van der Waals surface area (Å²) in [4.78, 5) is 26.8. The number of aryl methyl sites for hydroxylation is 2. The number of amides is 2. The first-order valence-corrected chi connectivity index (χ1v) is 11.9. The lowest BCUT2D eigenvalue weighted by atomic mass is 10.2. The topological polar surface area (TPSA) is 98.8 Å². The van der Waals surface area contributed by atoms with Gasteiger partial charge in [-0.2, -0.15) is 0 Å². The van der Waals surface area contributed by atoms with Gasteiger partial charge in [0.2, 0.25) is 21.8 Å². The molecule has 0 saturated heterocycles. The van der Waals surface area contributed by atoms with Crippen LogP contribution in [0.15, 0.2) is 41.3 Å². The normalized spacial score (nSPS) is 11.6. The van der Waals surface area contributed by atoms with Crippen molar-refractivity contribution in [2.75, 3.05) is 44.4 Å². The van der Waals surface area contributed by atoms with E-state index >= 15 is 0 Å². The number of anilines is 2. The molecule has 2 aromatic carbocycles. The van der Waals surface area contributed by atoms with Crippen LogP contribution in [-0.2, 0) is 19.6 Å². The molecule has 2 aromatic rings. The third-order valence-corrected chi connectivity index (χ3v) is 7.08. The van der Waals surface area contributed by atoms with E-state index in [1.165, 1.54) is 20.2 Å². The van der Waals surface area contributed by atoms with Crippen LogP contribution in [-0.4, -0.2) is 63.2 Å². The largest absolute Gasteiger partial charge is 0.325 e. The van der Waals surface area contributed by atoms with Crippen molar-refractivity contribution in [3.63, 3.8) is 0 Å². The van der Waals surface area contributed by atoms with E-state index in [0.717, 1.165) is 9.87 Å². The van der Waals surface area contributed by atoms with Gasteiger partial charge in [-0.15, -0.1) is 0 Å². The van der Waals surface area contributed by atoms with Crippen LogP contribution < -0.4 is 10.6 Å². The van der Waals surface area contributed by atoms with E-state index in [1.807, 2.05) is 19.9 Å². The van der Waals surface area contributed by atoms with Gasteiger partial charge in [0.1, 0.15) is 0 Å². The molecule has 0 saturated carbocycles. The Bertz CT molecular complexity index is 1100. The molecular formula is C22H29ClN4O4S. The summed E-state index contributed by atoms with van der Waals surface area (Å²) in [5.74, 6) is -0.615. The van der Waals surface area contributed by atoms with Crippen molar-refractivity contribution >= 4 is 44.8 Å². The number of halogens is 1. The van der Waals surface area contributed by atoms with Crippen molar-refractivity contribution in [2.24, 2.45) is 0 Å². The number of likely N-dealkylation sites (N-methyl/N-ethyl adjacent to an activating group) is 1. The van der Waals surface area contributed by atoms with Gasteiger partial charge in [0.15, 0.2) is 0 Å². The highest BCUT2D eigenvalue weighted by Crippen LogP contribution is 2.23. The van der Waals surface area contributed by atoms with Crippen LogP contribution in [0.2, 0.25) is 5.02 Å². The Kier molecular flexibility index (Phi) is 8.80. The number of nitrogens with zero attached hydrogens (tertiary/aromatic N) is 2. The van der Waals surface area contributed by atoms with Crippen LogP contribution in [0.25, 0.3) is 0 Å². The molecule has 0 aliphatic carbocycles. The number of carbonyl (C=O) groups excluding carboxylic acids is 2. The van der Waals surface area contributed by atoms with Crippen LogP contribution in [0.3, 0.4) is 0 Å². The number of hydrogen-bond donors (Lipinski definition) is 2. The molecule has 8 nitrogen and oxygen atoms in total. The smallest absolute Gasteiger partial charge is 0.242 e. The Hall–Kier alpha value is -2.46. The van der Waals surface area contributed by atoms with Crippen molar-refractivity contribution in [1.29, 1.82) is 0 Å². The average Bonchev–Trinajstić information content (AvgIpc) is 2.71. The van der Waals surface area contributed by atoms with Crippen molar-refractivity contribution in [3.8, 4) is 0 Å². The van der Waals surface area contributed by atoms with Crippen LogP contribution in [0.4, 0.5) is 11.4 Å². The van der Waals surface area contributed by atoms with Crippen molar-refractivity contribution in [3.05, 3.63) is 52.5 Å². The Labute approximate surface area is 194 Å². The minimum absolute atomic E-state index is 0.0179. The number of carbonyl (C=O) groups is 2. The van der Waals surface area contributed by atoms with Gasteiger partial charge in [-0.3, -0.25) is 14.5 Å². The number of sulfonamides is 1. The van der Waals surface area contributed by atoms with Crippen molar-refractivity contribution < 1.29 is 18.0 Å². The fourth-order valence-electron chi connectivity index (χ4n) is 2.96. The Morgan fingerprint density at radius 2 is 1.53 bits per heavy atom. The maximum Gasteiger partial charge on any atom is 0.242 e. The van der Waals surface area contributed by atoms with E-state index in [2.05, 4.69) is 10.6 Å². The number of hydrogen-bond acceptors (Lipinski definition) is 5. The molecule has 2 amide bonds. The summed E-state index contributed by atoms with van der Waals surface area (Å²) in [5.41, 5.74) is 2.46. The molecule has 0 fully saturated rings. The molecule has 0 aliphatic rings. The average molecular weight is 481 g/mol. The van der Waals surface area contributed by atoms with E-state index in [0.29, 0.717) is 28.5 Å². The monoisotopic (exact) mass is 480 g/mol. The first kappa shape index (κ1) is 25.8. The Morgan fingerprint density at radius 3 is 2.12 bits per heavy atom. The molecule has 174 valence electrons. The fourth-order valence-corrected chi connectivity index (χ4v) is 4.27. The van der Waals surface area contributed by atoms with Gasteiger partial charge < -0.3 is 10.6 Å². The zero-order valence-electron chi connectivity index (χ0n) is 18.9. The molecule has 0 radical (unpaired) electrons. The second-order valence-corrected chi connectivity index (χ2v) is 10.2. The molecule has 0 bridgehead atoms. The highest BCUT2D eigenvalue weighted by Gasteiger charge is 2.21. The van der Waals surface area contributed by atoms with Crippen LogP contribution >= 0.6 is 11.6 Å². The maximum absolute atomic E-state index is 12.5. The molecule has 0 aromatic heterocycles. The molecule has 0 heterocycles. The summed E-state index contributed by atoms with van der Waals surface area (Å²) in [6.07, 6.45) is 0. The van der Waals surface area contributed by atoms with Gasteiger partial charge >= 0.3 is 0 Å². The lowest BCUT2D eigenvalue weighted by molar-refractivity contribution is -0.119.